The molecule has 42 heavy (non-hydrogen) atoms. The molecule has 2 aromatic carbocycles. The minimum atomic E-state index is -4.72. The van der Waals surface area contributed by atoms with Gasteiger partial charge in [0, 0.05) is 12.5 Å². The number of carbonyl (C=O) groups is 2. The number of sulfonamides is 1. The molecule has 3 aromatic rings. The van der Waals surface area contributed by atoms with Crippen LogP contribution >= 0.6 is 0 Å². The highest BCUT2D eigenvalue weighted by Gasteiger charge is 2.35. The molecule has 0 aliphatic rings. The van der Waals surface area contributed by atoms with E-state index >= 15 is 0 Å². The average molecular weight is 615 g/mol. The van der Waals surface area contributed by atoms with E-state index in [-0.39, 0.29) is 21.2 Å². The number of hydrazine groups is 1. The third-order valence-corrected chi connectivity index (χ3v) is 6.73. The molecule has 0 fully saturated rings. The molecule has 1 aromatic heterocycles. The number of ether oxygens (including phenoxy) is 2. The van der Waals surface area contributed by atoms with Crippen molar-refractivity contribution in [2.45, 2.75) is 31.2 Å². The fourth-order valence-corrected chi connectivity index (χ4v) is 4.27. The van der Waals surface area contributed by atoms with Gasteiger partial charge in [0.25, 0.3) is 22.2 Å². The van der Waals surface area contributed by atoms with Crippen LogP contribution < -0.4 is 4.72 Å². The van der Waals surface area contributed by atoms with E-state index in [4.69, 9.17) is 0 Å². The summed E-state index contributed by atoms with van der Waals surface area (Å²) in [6.45, 7) is 2.27. The number of likely N-dealkylation sites (N-methyl/N-ethyl adjacent to an activating group) is 1. The number of methoxy groups -OCH3 is 1. The van der Waals surface area contributed by atoms with Crippen LogP contribution in [-0.4, -0.2) is 67.2 Å². The van der Waals surface area contributed by atoms with Gasteiger partial charge in [-0.25, -0.2) is 22.6 Å². The van der Waals surface area contributed by atoms with Crippen LogP contribution in [0.15, 0.2) is 64.8 Å². The van der Waals surface area contributed by atoms with E-state index in [0.717, 1.165) is 42.6 Å². The number of aromatic nitrogens is 2. The molecule has 0 radical (unpaired) electrons. The number of amides is 1. The quantitative estimate of drug-likeness (QED) is 0.117. The minimum Gasteiger partial charge on any atom is -0.569 e. The Morgan fingerprint density at radius 2 is 1.79 bits per heavy atom. The second-order valence-corrected chi connectivity index (χ2v) is 10.3. The lowest BCUT2D eigenvalue weighted by Crippen LogP contribution is -2.40. The lowest BCUT2D eigenvalue weighted by Gasteiger charge is -2.14. The van der Waals surface area contributed by atoms with E-state index < -0.39 is 46.8 Å². The van der Waals surface area contributed by atoms with Gasteiger partial charge in [0.2, 0.25) is 5.28 Å². The van der Waals surface area contributed by atoms with Crippen molar-refractivity contribution in [3.8, 4) is 16.9 Å². The summed E-state index contributed by atoms with van der Waals surface area (Å²) in [4.78, 5) is 27.3. The van der Waals surface area contributed by atoms with E-state index in [2.05, 4.69) is 24.7 Å². The summed E-state index contributed by atoms with van der Waals surface area (Å²) in [6.07, 6.45) is -7.13. The maximum atomic E-state index is 13.4. The van der Waals surface area contributed by atoms with Gasteiger partial charge in [-0.1, -0.05) is 29.8 Å². The second kappa shape index (κ2) is 12.8. The van der Waals surface area contributed by atoms with Gasteiger partial charge < -0.3 is 14.7 Å². The SMILES string of the molecule is COC(=O)OC(C)ON=[N+]([O-])N(C)CC(=O)NS(=O)(=O)c1ccc(-n2nc(C(F)(F)F)cc2-c2ccc(C)cc2)cc1. The zero-order valence-electron chi connectivity index (χ0n) is 22.5. The molecule has 0 bridgehead atoms. The summed E-state index contributed by atoms with van der Waals surface area (Å²) in [7, 11) is -2.30. The maximum Gasteiger partial charge on any atom is 0.511 e. The van der Waals surface area contributed by atoms with Crippen LogP contribution in [0.25, 0.3) is 16.9 Å². The number of nitrogens with zero attached hydrogens (tertiary/aromatic N) is 5. The number of alkyl halides is 3. The fourth-order valence-electron chi connectivity index (χ4n) is 3.30. The molecular formula is C24H25F3N6O8S. The Morgan fingerprint density at radius 3 is 2.36 bits per heavy atom. The van der Waals surface area contributed by atoms with Crippen LogP contribution in [0.4, 0.5) is 18.0 Å². The first-order valence-electron chi connectivity index (χ1n) is 11.8. The molecule has 0 spiro atoms. The van der Waals surface area contributed by atoms with Crippen molar-refractivity contribution in [2.24, 2.45) is 5.28 Å². The number of hydrogen-bond donors (Lipinski definition) is 1. The molecule has 0 saturated carbocycles. The van der Waals surface area contributed by atoms with Gasteiger partial charge in [-0.2, -0.15) is 18.3 Å². The monoisotopic (exact) mass is 614 g/mol. The fraction of sp³-hybridized carbons (Fsp3) is 0.292. The second-order valence-electron chi connectivity index (χ2n) is 8.61. The summed E-state index contributed by atoms with van der Waals surface area (Å²) in [5.74, 6) is -1.12. The summed E-state index contributed by atoms with van der Waals surface area (Å²) < 4.78 is 77.3. The molecule has 1 N–H and O–H groups in total. The number of rotatable bonds is 10. The van der Waals surface area contributed by atoms with Crippen LogP contribution in [0.1, 0.15) is 18.2 Å². The van der Waals surface area contributed by atoms with Crippen molar-refractivity contribution in [1.29, 1.82) is 0 Å². The summed E-state index contributed by atoms with van der Waals surface area (Å²) in [6, 6.07) is 12.2. The molecule has 3 rings (SSSR count). The molecule has 226 valence electrons. The van der Waals surface area contributed by atoms with Crippen molar-refractivity contribution in [3.05, 3.63) is 71.1 Å². The van der Waals surface area contributed by atoms with Crippen LogP contribution in [0, 0.1) is 12.1 Å². The van der Waals surface area contributed by atoms with Crippen LogP contribution in [0.2, 0.25) is 0 Å². The summed E-state index contributed by atoms with van der Waals surface area (Å²) in [5, 5.41) is 19.3. The average Bonchev–Trinajstić information content (AvgIpc) is 3.38. The molecule has 1 atom stereocenters. The number of aryl methyl sites for hydroxylation is 1. The van der Waals surface area contributed by atoms with Gasteiger partial charge >= 0.3 is 12.3 Å². The van der Waals surface area contributed by atoms with Crippen molar-refractivity contribution in [1.82, 2.24) is 19.5 Å². The van der Waals surface area contributed by atoms with Gasteiger partial charge in [-0.3, -0.25) is 9.63 Å². The van der Waals surface area contributed by atoms with Crippen LogP contribution in [0.3, 0.4) is 0 Å². The minimum absolute atomic E-state index is 0.122. The Balaban J connectivity index is 1.74. The Bertz CT molecular complexity index is 1560. The van der Waals surface area contributed by atoms with E-state index in [1.807, 2.05) is 6.92 Å². The predicted octanol–water partition coefficient (Wildman–Crippen LogP) is 3.54. The van der Waals surface area contributed by atoms with Gasteiger partial charge in [0.1, 0.15) is 0 Å². The standard InChI is InChI=1S/C24H25F3N6O8S/c1-15-5-7-17(8-6-15)20-13-21(24(25,26)27)28-32(20)18-9-11-19(12-10-18)42(37,38)29-22(34)14-31(3)33(36)30-41-16(2)40-23(35)39-4/h5-13,16H,14H2,1-4H3,(H,29,34). The summed E-state index contributed by atoms with van der Waals surface area (Å²) >= 11 is 0. The van der Waals surface area contributed by atoms with Crippen molar-refractivity contribution in [3.63, 3.8) is 0 Å². The van der Waals surface area contributed by atoms with Gasteiger partial charge in [-0.15, -0.1) is 5.01 Å². The van der Waals surface area contributed by atoms with Crippen LogP contribution in [-0.2, 0) is 35.3 Å². The van der Waals surface area contributed by atoms with Gasteiger partial charge in [-0.05, 0) is 37.3 Å². The third kappa shape index (κ3) is 8.09. The molecule has 0 aliphatic carbocycles. The normalized spacial score (nSPS) is 12.8. The third-order valence-electron chi connectivity index (χ3n) is 5.35. The van der Waals surface area contributed by atoms with Crippen LogP contribution in [0.5, 0.6) is 0 Å². The molecular weight excluding hydrogens is 589 g/mol. The molecule has 1 amide bonds. The lowest BCUT2D eigenvalue weighted by molar-refractivity contribution is -0.705. The van der Waals surface area contributed by atoms with Gasteiger partial charge in [0.05, 0.1) is 35.4 Å². The number of halogens is 3. The van der Waals surface area contributed by atoms with E-state index in [1.54, 1.807) is 29.0 Å². The highest BCUT2D eigenvalue weighted by atomic mass is 32.2. The number of carbonyl (C=O) groups excluding carboxylic acids is 2. The van der Waals surface area contributed by atoms with Crippen molar-refractivity contribution < 1.29 is 50.5 Å². The number of hydrogen-bond acceptors (Lipinski definition) is 10. The molecule has 0 saturated heterocycles. The molecule has 14 nitrogen and oxygen atoms in total. The highest BCUT2D eigenvalue weighted by Crippen LogP contribution is 2.33. The lowest BCUT2D eigenvalue weighted by atomic mass is 10.1. The first-order chi connectivity index (χ1) is 19.6. The number of benzene rings is 2. The zero-order chi connectivity index (χ0) is 31.2. The first-order valence-corrected chi connectivity index (χ1v) is 13.3. The molecule has 1 heterocycles. The van der Waals surface area contributed by atoms with Crippen molar-refractivity contribution >= 4 is 22.1 Å². The predicted molar refractivity (Wildman–Crippen MR) is 137 cm³/mol. The molecule has 1 unspecified atom stereocenters. The molecule has 18 heteroatoms. The topological polar surface area (TPSA) is 167 Å². The Labute approximate surface area is 237 Å². The molecule has 0 aliphatic heterocycles. The Hall–Kier alpha value is -4.87. The Morgan fingerprint density at radius 1 is 1.17 bits per heavy atom. The van der Waals surface area contributed by atoms with Crippen molar-refractivity contribution in [2.75, 3.05) is 20.7 Å². The van der Waals surface area contributed by atoms with E-state index in [1.165, 1.54) is 19.1 Å². The van der Waals surface area contributed by atoms with E-state index in [0.29, 0.717) is 10.6 Å². The van der Waals surface area contributed by atoms with E-state index in [9.17, 15) is 36.4 Å². The first kappa shape index (κ1) is 31.7. The smallest absolute Gasteiger partial charge is 0.511 e. The van der Waals surface area contributed by atoms with Gasteiger partial charge in [0.15, 0.2) is 12.2 Å². The zero-order valence-corrected chi connectivity index (χ0v) is 23.3. The number of nitrogens with one attached hydrogen (secondary N) is 1. The Kier molecular flexibility index (Phi) is 9.61. The largest absolute Gasteiger partial charge is 0.569 e. The highest BCUT2D eigenvalue weighted by molar-refractivity contribution is 7.90. The summed E-state index contributed by atoms with van der Waals surface area (Å²) in [5.41, 5.74) is 0.458. The maximum absolute atomic E-state index is 13.4.